The van der Waals surface area contributed by atoms with Crippen molar-refractivity contribution in [3.8, 4) is 0 Å². The van der Waals surface area contributed by atoms with Crippen molar-refractivity contribution in [2.75, 3.05) is 11.9 Å². The van der Waals surface area contributed by atoms with E-state index < -0.39 is 11.9 Å². The van der Waals surface area contributed by atoms with E-state index in [4.69, 9.17) is 11.6 Å². The Morgan fingerprint density at radius 3 is 2.29 bits per heavy atom. The van der Waals surface area contributed by atoms with Crippen LogP contribution in [-0.2, 0) is 0 Å². The van der Waals surface area contributed by atoms with Gasteiger partial charge in [0.25, 0.3) is 5.91 Å². The van der Waals surface area contributed by atoms with Crippen LogP contribution in [0.4, 0.5) is 10.2 Å². The molecule has 38 heavy (non-hydrogen) atoms. The molecule has 0 spiro atoms. The molecule has 204 valence electrons. The topological polar surface area (TPSA) is 54.0 Å². The van der Waals surface area contributed by atoms with Gasteiger partial charge in [-0.2, -0.15) is 0 Å². The molecule has 1 unspecified atom stereocenters. The lowest BCUT2D eigenvalue weighted by Gasteiger charge is -2.17. The Morgan fingerprint density at radius 2 is 1.61 bits per heavy atom. The van der Waals surface area contributed by atoms with E-state index in [1.165, 1.54) is 88.8 Å². The van der Waals surface area contributed by atoms with E-state index in [1.54, 1.807) is 6.20 Å². The molecule has 4 nitrogen and oxygen atoms in total. The maximum absolute atomic E-state index is 14.0. The van der Waals surface area contributed by atoms with Gasteiger partial charge in [0.2, 0.25) is 0 Å². The van der Waals surface area contributed by atoms with E-state index in [1.807, 2.05) is 12.1 Å². The van der Waals surface area contributed by atoms with Crippen molar-refractivity contribution in [2.45, 2.75) is 90.0 Å². The Balaban J connectivity index is 1.33. The number of pyridine rings is 1. The van der Waals surface area contributed by atoms with E-state index in [-0.39, 0.29) is 5.91 Å². The van der Waals surface area contributed by atoms with Crippen LogP contribution >= 0.6 is 27.5 Å². The van der Waals surface area contributed by atoms with Crippen LogP contribution in [0, 0.1) is 5.82 Å². The molecule has 0 fully saturated rings. The first-order valence-corrected chi connectivity index (χ1v) is 15.3. The second-order valence-corrected chi connectivity index (χ2v) is 11.6. The first-order chi connectivity index (χ1) is 18.5. The second kappa shape index (κ2) is 14.3. The Kier molecular flexibility index (Phi) is 10.8. The zero-order valence-electron chi connectivity index (χ0n) is 22.2. The number of benzene rings is 2. The van der Waals surface area contributed by atoms with Gasteiger partial charge in [-0.3, -0.25) is 4.79 Å². The van der Waals surface area contributed by atoms with Crippen LogP contribution in [0.5, 0.6) is 0 Å². The van der Waals surface area contributed by atoms with Crippen LogP contribution in [0.3, 0.4) is 0 Å². The molecule has 4 rings (SSSR count). The molecule has 2 heterocycles. The van der Waals surface area contributed by atoms with Gasteiger partial charge in [-0.1, -0.05) is 105 Å². The molecule has 1 amide bonds. The third-order valence-corrected chi connectivity index (χ3v) is 8.44. The summed E-state index contributed by atoms with van der Waals surface area (Å²) < 4.78 is 14.8. The maximum atomic E-state index is 14.0. The average molecular weight is 603 g/mol. The summed E-state index contributed by atoms with van der Waals surface area (Å²) >= 11 is 10.0. The molecule has 1 aromatic heterocycles. The molecule has 0 aliphatic carbocycles. The smallest absolute Gasteiger partial charge is 0.253 e. The minimum Gasteiger partial charge on any atom is -0.370 e. The summed E-state index contributed by atoms with van der Waals surface area (Å²) in [6, 6.07) is 7.56. The predicted octanol–water partition coefficient (Wildman–Crippen LogP) is 9.74. The third-order valence-electron chi connectivity index (χ3n) is 7.44. The molecule has 1 aliphatic rings. The van der Waals surface area contributed by atoms with Crippen LogP contribution in [0.25, 0.3) is 10.8 Å². The number of nitrogens with one attached hydrogen (secondary N) is 2. The van der Waals surface area contributed by atoms with E-state index in [0.717, 1.165) is 39.6 Å². The maximum Gasteiger partial charge on any atom is 0.253 e. The highest BCUT2D eigenvalue weighted by Gasteiger charge is 2.35. The van der Waals surface area contributed by atoms with Crippen molar-refractivity contribution in [3.63, 3.8) is 0 Å². The van der Waals surface area contributed by atoms with Crippen LogP contribution in [-0.4, -0.2) is 17.4 Å². The number of unbranched alkanes of at least 4 members (excludes halogenated alkanes) is 11. The molecule has 2 N–H and O–H groups in total. The lowest BCUT2D eigenvalue weighted by atomic mass is 9.94. The van der Waals surface area contributed by atoms with E-state index >= 15 is 0 Å². The van der Waals surface area contributed by atoms with Crippen molar-refractivity contribution < 1.29 is 9.18 Å². The summed E-state index contributed by atoms with van der Waals surface area (Å²) in [5, 5.41) is 8.59. The molecule has 1 atom stereocenters. The fourth-order valence-corrected chi connectivity index (χ4v) is 6.27. The van der Waals surface area contributed by atoms with Gasteiger partial charge in [-0.25, -0.2) is 9.37 Å². The van der Waals surface area contributed by atoms with Crippen molar-refractivity contribution in [1.82, 2.24) is 10.3 Å². The highest BCUT2D eigenvalue weighted by Crippen LogP contribution is 2.43. The first-order valence-electron chi connectivity index (χ1n) is 14.1. The summed E-state index contributed by atoms with van der Waals surface area (Å²) in [6.07, 6.45) is 17.6. The minimum absolute atomic E-state index is 0.199. The summed E-state index contributed by atoms with van der Waals surface area (Å²) in [5.41, 5.74) is 1.89. The molecule has 0 saturated carbocycles. The van der Waals surface area contributed by atoms with E-state index in [2.05, 4.69) is 38.5 Å². The van der Waals surface area contributed by atoms with Gasteiger partial charge in [-0.15, -0.1) is 0 Å². The van der Waals surface area contributed by atoms with Gasteiger partial charge in [0, 0.05) is 44.1 Å². The predicted molar refractivity (Wildman–Crippen MR) is 160 cm³/mol. The SMILES string of the molecule is CCCCCCCCCCCCCCNc1nccc2c3c(c(Br)cc12)C(c1cc(F)ccc1Cl)NC3=O. The Labute approximate surface area is 239 Å². The van der Waals surface area contributed by atoms with Crippen LogP contribution in [0.15, 0.2) is 41.0 Å². The number of amides is 1. The molecule has 0 bridgehead atoms. The van der Waals surface area contributed by atoms with E-state index in [9.17, 15) is 9.18 Å². The molecular weight excluding hydrogens is 565 g/mol. The van der Waals surface area contributed by atoms with E-state index in [0.29, 0.717) is 16.1 Å². The zero-order valence-corrected chi connectivity index (χ0v) is 24.6. The van der Waals surface area contributed by atoms with Gasteiger partial charge in [0.1, 0.15) is 11.6 Å². The van der Waals surface area contributed by atoms with Crippen molar-refractivity contribution >= 4 is 50.0 Å². The number of anilines is 1. The van der Waals surface area contributed by atoms with Gasteiger partial charge >= 0.3 is 0 Å². The molecular formula is C31H38BrClFN3O. The zero-order chi connectivity index (χ0) is 26.9. The summed E-state index contributed by atoms with van der Waals surface area (Å²) in [5.74, 6) is 0.182. The van der Waals surface area contributed by atoms with Gasteiger partial charge < -0.3 is 10.6 Å². The molecule has 7 heteroatoms. The highest BCUT2D eigenvalue weighted by atomic mass is 79.9. The van der Waals surface area contributed by atoms with Crippen molar-refractivity contribution in [2.24, 2.45) is 0 Å². The summed E-state index contributed by atoms with van der Waals surface area (Å²) in [6.45, 7) is 3.10. The van der Waals surface area contributed by atoms with Gasteiger partial charge in [0.15, 0.2) is 0 Å². The van der Waals surface area contributed by atoms with Crippen LogP contribution in [0.1, 0.15) is 112 Å². The van der Waals surface area contributed by atoms with Crippen molar-refractivity contribution in [1.29, 1.82) is 0 Å². The normalized spacial score (nSPS) is 14.6. The molecule has 1 aliphatic heterocycles. The number of halogens is 3. The quantitative estimate of drug-likeness (QED) is 0.170. The molecule has 3 aromatic rings. The number of carbonyl (C=O) groups is 1. The van der Waals surface area contributed by atoms with Gasteiger partial charge in [-0.05, 0) is 36.8 Å². The van der Waals surface area contributed by atoms with Crippen LogP contribution in [0.2, 0.25) is 5.02 Å². The highest BCUT2D eigenvalue weighted by molar-refractivity contribution is 9.10. The first kappa shape index (κ1) is 28.8. The number of aromatic nitrogens is 1. The average Bonchev–Trinajstić information content (AvgIpc) is 3.26. The number of rotatable bonds is 15. The number of fused-ring (bicyclic) bond motifs is 3. The Hall–Kier alpha value is -2.18. The molecule has 2 aromatic carbocycles. The fourth-order valence-electron chi connectivity index (χ4n) is 5.39. The Morgan fingerprint density at radius 1 is 0.947 bits per heavy atom. The number of carbonyl (C=O) groups excluding carboxylic acids is 1. The van der Waals surface area contributed by atoms with Crippen LogP contribution < -0.4 is 10.6 Å². The fraction of sp³-hybridized carbons (Fsp3) is 0.484. The number of nitrogens with zero attached hydrogens (tertiary/aromatic N) is 1. The lowest BCUT2D eigenvalue weighted by Crippen LogP contribution is -2.20. The monoisotopic (exact) mass is 601 g/mol. The number of hydrogen-bond acceptors (Lipinski definition) is 3. The lowest BCUT2D eigenvalue weighted by molar-refractivity contribution is 0.0962. The van der Waals surface area contributed by atoms with Crippen molar-refractivity contribution in [3.05, 3.63) is 68.5 Å². The number of hydrogen-bond donors (Lipinski definition) is 2. The summed E-state index contributed by atoms with van der Waals surface area (Å²) in [7, 11) is 0. The Bertz CT molecular complexity index is 1250. The minimum atomic E-state index is -0.523. The molecule has 0 saturated heterocycles. The van der Waals surface area contributed by atoms with Gasteiger partial charge in [0.05, 0.1) is 11.6 Å². The largest absolute Gasteiger partial charge is 0.370 e. The second-order valence-electron chi connectivity index (χ2n) is 10.3. The molecule has 0 radical (unpaired) electrons. The summed E-state index contributed by atoms with van der Waals surface area (Å²) in [4.78, 5) is 17.7. The standard InChI is InChI=1S/C31H38BrClFN3O/c1-2-3-4-5-6-7-8-9-10-11-12-13-17-35-30-23-20-25(32)28-27(22(23)16-18-36-30)31(38)37-29(28)24-19-21(34)14-15-26(24)33/h14-16,18-20,29H,2-13,17H2,1H3,(H,35,36)(H,37,38). The third kappa shape index (κ3) is 7.06.